The molecule has 1 aliphatic carbocycles. The van der Waals surface area contributed by atoms with Crippen LogP contribution in [-0.4, -0.2) is 11.2 Å². The highest BCUT2D eigenvalue weighted by Gasteiger charge is 2.12. The third-order valence-corrected chi connectivity index (χ3v) is 1.91. The molecule has 1 aliphatic rings. The fourth-order valence-electron chi connectivity index (χ4n) is 1.24. The Bertz CT molecular complexity index is 105. The highest BCUT2D eigenvalue weighted by atomic mass is 16.3. The molecule has 1 unspecified atom stereocenters. The summed E-state index contributed by atoms with van der Waals surface area (Å²) in [6.07, 6.45) is 7.75. The number of aliphatic hydroxyl groups is 1. The largest absolute Gasteiger partial charge is 0.393 e. The molecule has 9 heavy (non-hydrogen) atoms. The van der Waals surface area contributed by atoms with Gasteiger partial charge in [-0.1, -0.05) is 12.2 Å². The van der Waals surface area contributed by atoms with Crippen LogP contribution in [0.1, 0.15) is 26.2 Å². The third-order valence-electron chi connectivity index (χ3n) is 1.91. The normalized spacial score (nSPS) is 30.2. The second-order valence-corrected chi connectivity index (χ2v) is 2.76. The molecule has 0 saturated heterocycles. The van der Waals surface area contributed by atoms with Crippen LogP contribution in [0.2, 0.25) is 0 Å². The van der Waals surface area contributed by atoms with Gasteiger partial charge in [0.2, 0.25) is 0 Å². The van der Waals surface area contributed by atoms with Crippen molar-refractivity contribution in [1.82, 2.24) is 0 Å². The monoisotopic (exact) mass is 126 g/mol. The van der Waals surface area contributed by atoms with E-state index in [1.165, 1.54) is 12.8 Å². The molecular weight excluding hydrogens is 112 g/mol. The van der Waals surface area contributed by atoms with Gasteiger partial charge >= 0.3 is 0 Å². The number of hydrogen-bond acceptors (Lipinski definition) is 1. The molecule has 0 heterocycles. The van der Waals surface area contributed by atoms with Gasteiger partial charge in [0.05, 0.1) is 6.10 Å². The summed E-state index contributed by atoms with van der Waals surface area (Å²) in [5.74, 6) is 0.429. The molecule has 0 bridgehead atoms. The van der Waals surface area contributed by atoms with E-state index < -0.39 is 0 Å². The molecule has 0 aromatic rings. The van der Waals surface area contributed by atoms with E-state index in [0.29, 0.717) is 5.92 Å². The van der Waals surface area contributed by atoms with E-state index in [1.807, 2.05) is 6.92 Å². The minimum absolute atomic E-state index is 0.151. The lowest BCUT2D eigenvalue weighted by Gasteiger charge is -2.18. The van der Waals surface area contributed by atoms with E-state index in [4.69, 9.17) is 5.11 Å². The van der Waals surface area contributed by atoms with Crippen LogP contribution in [0.4, 0.5) is 0 Å². The molecule has 0 saturated carbocycles. The minimum atomic E-state index is -0.151. The Balaban J connectivity index is 2.40. The molecule has 1 heteroatoms. The molecule has 1 rings (SSSR count). The second kappa shape index (κ2) is 3.02. The van der Waals surface area contributed by atoms with Crippen LogP contribution in [0.5, 0.6) is 0 Å². The molecule has 0 radical (unpaired) electrons. The van der Waals surface area contributed by atoms with Gasteiger partial charge in [-0.15, -0.1) is 0 Å². The van der Waals surface area contributed by atoms with E-state index >= 15 is 0 Å². The molecule has 52 valence electrons. The summed E-state index contributed by atoms with van der Waals surface area (Å²) in [6, 6.07) is 0. The van der Waals surface area contributed by atoms with Gasteiger partial charge in [-0.05, 0) is 26.2 Å². The number of hydrogen-bond donors (Lipinski definition) is 1. The zero-order chi connectivity index (χ0) is 6.69. The number of allylic oxidation sites excluding steroid dienone is 1. The molecule has 2 atom stereocenters. The van der Waals surface area contributed by atoms with Crippen LogP contribution in [-0.2, 0) is 0 Å². The lowest BCUT2D eigenvalue weighted by molar-refractivity contribution is 0.141. The first-order valence-corrected chi connectivity index (χ1v) is 3.65. The first-order valence-electron chi connectivity index (χ1n) is 3.65. The van der Waals surface area contributed by atoms with Crippen molar-refractivity contribution in [3.63, 3.8) is 0 Å². The fourth-order valence-corrected chi connectivity index (χ4v) is 1.24. The van der Waals surface area contributed by atoms with E-state index in [1.54, 1.807) is 0 Å². The smallest absolute Gasteiger partial charge is 0.0574 e. The van der Waals surface area contributed by atoms with Gasteiger partial charge < -0.3 is 5.11 Å². The van der Waals surface area contributed by atoms with E-state index in [2.05, 4.69) is 12.2 Å². The summed E-state index contributed by atoms with van der Waals surface area (Å²) >= 11 is 0. The Morgan fingerprint density at radius 3 is 2.78 bits per heavy atom. The summed E-state index contributed by atoms with van der Waals surface area (Å²) < 4.78 is 0. The predicted octanol–water partition coefficient (Wildman–Crippen LogP) is 1.72. The maximum Gasteiger partial charge on any atom is 0.0574 e. The average Bonchev–Trinajstić information content (AvgIpc) is 1.90. The van der Waals surface area contributed by atoms with Crippen LogP contribution in [0.3, 0.4) is 0 Å². The van der Waals surface area contributed by atoms with Crippen molar-refractivity contribution >= 4 is 0 Å². The van der Waals surface area contributed by atoms with Crippen LogP contribution < -0.4 is 0 Å². The molecule has 0 fully saturated rings. The molecule has 0 spiro atoms. The summed E-state index contributed by atoms with van der Waals surface area (Å²) in [5.41, 5.74) is 0. The number of aliphatic hydroxyl groups excluding tert-OH is 1. The Labute approximate surface area is 56.4 Å². The SMILES string of the molecule is CC(O)[C@H]1C=CCCC1. The minimum Gasteiger partial charge on any atom is -0.393 e. The molecule has 0 aromatic heterocycles. The van der Waals surface area contributed by atoms with Gasteiger partial charge in [0.1, 0.15) is 0 Å². The molecule has 1 N–H and O–H groups in total. The zero-order valence-corrected chi connectivity index (χ0v) is 5.88. The highest BCUT2D eigenvalue weighted by Crippen LogP contribution is 2.19. The van der Waals surface area contributed by atoms with E-state index in [-0.39, 0.29) is 6.10 Å². The standard InChI is InChI=1S/C8H14O/c1-7(9)8-5-3-2-4-6-8/h3,5,7-9H,2,4,6H2,1H3/t7?,8-/m0/s1. The zero-order valence-electron chi connectivity index (χ0n) is 5.88. The molecule has 1 nitrogen and oxygen atoms in total. The lowest BCUT2D eigenvalue weighted by Crippen LogP contribution is -2.15. The Morgan fingerprint density at radius 1 is 1.67 bits per heavy atom. The van der Waals surface area contributed by atoms with Crippen LogP contribution >= 0.6 is 0 Å². The van der Waals surface area contributed by atoms with Crippen molar-refractivity contribution in [2.24, 2.45) is 5.92 Å². The lowest BCUT2D eigenvalue weighted by atomic mass is 9.92. The van der Waals surface area contributed by atoms with Gasteiger partial charge in [0.15, 0.2) is 0 Å². The Kier molecular flexibility index (Phi) is 2.29. The summed E-state index contributed by atoms with van der Waals surface area (Å²) in [5, 5.41) is 9.13. The molecule has 0 aliphatic heterocycles. The maximum absolute atomic E-state index is 9.13. The Morgan fingerprint density at radius 2 is 2.44 bits per heavy atom. The fraction of sp³-hybridized carbons (Fsp3) is 0.750. The summed E-state index contributed by atoms with van der Waals surface area (Å²) in [6.45, 7) is 1.86. The van der Waals surface area contributed by atoms with E-state index in [0.717, 1.165) is 6.42 Å². The first kappa shape index (κ1) is 6.81. The summed E-state index contributed by atoms with van der Waals surface area (Å²) in [4.78, 5) is 0. The summed E-state index contributed by atoms with van der Waals surface area (Å²) in [7, 11) is 0. The third kappa shape index (κ3) is 1.83. The van der Waals surface area contributed by atoms with Crippen LogP contribution in [0.15, 0.2) is 12.2 Å². The first-order chi connectivity index (χ1) is 4.30. The Hall–Kier alpha value is -0.300. The van der Waals surface area contributed by atoms with Crippen LogP contribution in [0, 0.1) is 5.92 Å². The van der Waals surface area contributed by atoms with Crippen molar-refractivity contribution < 1.29 is 5.11 Å². The van der Waals surface area contributed by atoms with Crippen molar-refractivity contribution in [3.8, 4) is 0 Å². The molecule has 0 amide bonds. The average molecular weight is 126 g/mol. The van der Waals surface area contributed by atoms with Gasteiger partial charge in [-0.2, -0.15) is 0 Å². The molecule has 0 aromatic carbocycles. The number of rotatable bonds is 1. The van der Waals surface area contributed by atoms with Gasteiger partial charge in [-0.25, -0.2) is 0 Å². The molecular formula is C8H14O. The topological polar surface area (TPSA) is 20.2 Å². The van der Waals surface area contributed by atoms with Crippen LogP contribution in [0.25, 0.3) is 0 Å². The van der Waals surface area contributed by atoms with E-state index in [9.17, 15) is 0 Å². The van der Waals surface area contributed by atoms with Crippen molar-refractivity contribution in [2.45, 2.75) is 32.3 Å². The second-order valence-electron chi connectivity index (χ2n) is 2.76. The quantitative estimate of drug-likeness (QED) is 0.530. The van der Waals surface area contributed by atoms with Gasteiger partial charge in [0, 0.05) is 5.92 Å². The van der Waals surface area contributed by atoms with Gasteiger partial charge in [-0.3, -0.25) is 0 Å². The van der Waals surface area contributed by atoms with Crippen molar-refractivity contribution in [3.05, 3.63) is 12.2 Å². The van der Waals surface area contributed by atoms with Crippen molar-refractivity contribution in [1.29, 1.82) is 0 Å². The van der Waals surface area contributed by atoms with Gasteiger partial charge in [0.25, 0.3) is 0 Å². The predicted molar refractivity (Wildman–Crippen MR) is 38.2 cm³/mol. The van der Waals surface area contributed by atoms with Crippen molar-refractivity contribution in [2.75, 3.05) is 0 Å². The highest BCUT2D eigenvalue weighted by molar-refractivity contribution is 4.94. The maximum atomic E-state index is 9.13.